The number of fused-ring (bicyclic) bond motifs is 3. The molecule has 0 radical (unpaired) electrons. The van der Waals surface area contributed by atoms with Gasteiger partial charge in [0.15, 0.2) is 53.4 Å². The number of carbonyl (C=O) groups excluding carboxylic acids is 5. The van der Waals surface area contributed by atoms with Crippen molar-refractivity contribution in [2.24, 2.45) is 0 Å². The smallest absolute Gasteiger partial charge is 0.198 e. The van der Waals surface area contributed by atoms with Crippen molar-refractivity contribution in [3.8, 4) is 5.75 Å². The van der Waals surface area contributed by atoms with Gasteiger partial charge in [-0.2, -0.15) is 0 Å². The maximum absolute atomic E-state index is 14.2. The molecule has 0 spiro atoms. The van der Waals surface area contributed by atoms with Gasteiger partial charge in [0, 0.05) is 42.4 Å². The molecule has 0 bridgehead atoms. The summed E-state index contributed by atoms with van der Waals surface area (Å²) < 4.78 is 41.8. The van der Waals surface area contributed by atoms with Crippen molar-refractivity contribution in [1.82, 2.24) is 0 Å². The second kappa shape index (κ2) is 15.1. The Kier molecular flexibility index (Phi) is 10.7. The fourth-order valence-corrected chi connectivity index (χ4v) is 9.31. The molecule has 3 fully saturated rings. The van der Waals surface area contributed by atoms with Crippen LogP contribution < -0.4 is 0 Å². The predicted octanol–water partition coefficient (Wildman–Crippen LogP) is 2.48. The summed E-state index contributed by atoms with van der Waals surface area (Å²) in [5.41, 5.74) is -8.13. The molecule has 16 heteroatoms. The minimum atomic E-state index is -2.83. The lowest BCUT2D eigenvalue weighted by Crippen LogP contribution is -2.69. The van der Waals surface area contributed by atoms with Crippen LogP contribution >= 0.6 is 0 Å². The second-order valence-corrected chi connectivity index (χ2v) is 16.8. The molecule has 1 saturated carbocycles. The van der Waals surface area contributed by atoms with Crippen molar-refractivity contribution in [3.63, 3.8) is 0 Å². The summed E-state index contributed by atoms with van der Waals surface area (Å²) in [5, 5.41) is 47.0. The lowest BCUT2D eigenvalue weighted by atomic mass is 9.57. The SMILES string of the molecule is CC1OC(OC2CCC(O[C@H]3[C@H](C)O[C@H](c4ccc5c(c4O)C(=O)C4=C(C5=O)[C@@]5(O)C(=O)C[C@](C)(OC6C=CC(=O)C(C)O6)C[C@@]5(O)C=C4)C[C@@H]3O)OC2C)C=CC1=O. The molecule has 3 aliphatic carbocycles. The maximum Gasteiger partial charge on any atom is 0.198 e. The number of rotatable bonds is 7. The zero-order valence-electron chi connectivity index (χ0n) is 33.2. The maximum atomic E-state index is 14.2. The molecule has 59 heavy (non-hydrogen) atoms. The first kappa shape index (κ1) is 41.7. The molecule has 14 atom stereocenters. The number of hydrogen-bond acceptors (Lipinski definition) is 16. The van der Waals surface area contributed by atoms with E-state index in [2.05, 4.69) is 0 Å². The van der Waals surface area contributed by atoms with E-state index in [0.29, 0.717) is 12.8 Å². The first-order chi connectivity index (χ1) is 27.8. The van der Waals surface area contributed by atoms with Gasteiger partial charge in [-0.25, -0.2) is 0 Å². The number of aromatic hydroxyl groups is 1. The first-order valence-electron chi connectivity index (χ1n) is 19.9. The zero-order valence-corrected chi connectivity index (χ0v) is 33.2. The van der Waals surface area contributed by atoms with Crippen LogP contribution in [-0.2, 0) is 47.5 Å². The summed E-state index contributed by atoms with van der Waals surface area (Å²) >= 11 is 0. The van der Waals surface area contributed by atoms with Crippen LogP contribution in [0.25, 0.3) is 0 Å². The van der Waals surface area contributed by atoms with Crippen molar-refractivity contribution < 1.29 is 77.6 Å². The molecular formula is C43H48O16. The second-order valence-electron chi connectivity index (χ2n) is 16.8. The molecule has 4 heterocycles. The summed E-state index contributed by atoms with van der Waals surface area (Å²) in [5.74, 6) is -3.73. The predicted molar refractivity (Wildman–Crippen MR) is 201 cm³/mol. The summed E-state index contributed by atoms with van der Waals surface area (Å²) in [6, 6.07) is 2.67. The van der Waals surface area contributed by atoms with Gasteiger partial charge in [0.2, 0.25) is 0 Å². The Morgan fingerprint density at radius 3 is 2.14 bits per heavy atom. The highest BCUT2D eigenvalue weighted by molar-refractivity contribution is 6.32. The number of Topliss-reactive ketones (excluding diaryl/α,β-unsaturated/α-hetero) is 3. The van der Waals surface area contributed by atoms with E-state index in [0.717, 1.165) is 12.2 Å². The molecule has 4 aliphatic heterocycles. The lowest BCUT2D eigenvalue weighted by Gasteiger charge is -2.53. The summed E-state index contributed by atoms with van der Waals surface area (Å²) in [6.07, 6.45) is -0.0765. The van der Waals surface area contributed by atoms with E-state index in [1.165, 1.54) is 37.3 Å². The summed E-state index contributed by atoms with van der Waals surface area (Å²) in [7, 11) is 0. The molecule has 0 amide bonds. The van der Waals surface area contributed by atoms with Gasteiger partial charge in [-0.1, -0.05) is 12.1 Å². The van der Waals surface area contributed by atoms with E-state index in [1.54, 1.807) is 26.8 Å². The van der Waals surface area contributed by atoms with Crippen molar-refractivity contribution in [1.29, 1.82) is 0 Å². The molecule has 7 unspecified atom stereocenters. The quantitative estimate of drug-likeness (QED) is 0.310. The highest BCUT2D eigenvalue weighted by Gasteiger charge is 2.67. The number of aliphatic hydroxyl groups excluding tert-OH is 1. The monoisotopic (exact) mass is 820 g/mol. The Morgan fingerprint density at radius 1 is 0.797 bits per heavy atom. The Balaban J connectivity index is 0.953. The van der Waals surface area contributed by atoms with E-state index in [1.807, 2.05) is 6.92 Å². The number of ketones is 5. The van der Waals surface area contributed by atoms with Crippen molar-refractivity contribution in [3.05, 3.63) is 76.4 Å². The van der Waals surface area contributed by atoms with Crippen LogP contribution in [0.5, 0.6) is 5.75 Å². The Labute approximate surface area is 339 Å². The third kappa shape index (κ3) is 7.12. The minimum Gasteiger partial charge on any atom is -0.507 e. The number of aliphatic hydroxyl groups is 3. The van der Waals surface area contributed by atoms with Gasteiger partial charge >= 0.3 is 0 Å². The molecule has 16 nitrogen and oxygen atoms in total. The molecule has 1 aromatic carbocycles. The number of benzene rings is 1. The summed E-state index contributed by atoms with van der Waals surface area (Å²) in [4.78, 5) is 66.0. The standard InChI is InChI=1S/C43H48O16/c1-19-26(44)8-11-32(54-19)57-29-10-13-33(56-21(29)3)58-40-22(4)53-30(16-28(40)46)23-6-7-24-35(37(23)48)38(49)25-14-15-42(51)18-41(5,59-34-12-9-27(45)20(2)55-34)17-31(47)43(42,52)36(25)39(24)50/h6-9,11-12,14-15,19-22,28-30,32-34,40,46,48,51-52H,10,13,16-18H2,1-5H3/t19?,20?,21?,22-,28-,29?,30-,32?,33?,34?,40-,41-,42-,43-/m0/s1. The number of hydrogen-bond donors (Lipinski definition) is 4. The largest absolute Gasteiger partial charge is 0.507 e. The molecule has 1 aromatic rings. The Morgan fingerprint density at radius 2 is 1.47 bits per heavy atom. The van der Waals surface area contributed by atoms with Crippen molar-refractivity contribution in [2.45, 2.75) is 151 Å². The molecule has 8 rings (SSSR count). The minimum absolute atomic E-state index is 0.0490. The molecule has 0 aromatic heterocycles. The fraction of sp³-hybridized carbons (Fsp3) is 0.558. The molecule has 2 saturated heterocycles. The van der Waals surface area contributed by atoms with E-state index >= 15 is 0 Å². The van der Waals surface area contributed by atoms with Crippen LogP contribution in [0, 0.1) is 0 Å². The van der Waals surface area contributed by atoms with Crippen LogP contribution in [0.15, 0.2) is 59.7 Å². The van der Waals surface area contributed by atoms with Crippen LogP contribution in [-0.4, -0.2) is 128 Å². The lowest BCUT2D eigenvalue weighted by molar-refractivity contribution is -0.292. The number of phenolic OH excluding ortho intramolecular Hbond substituents is 1. The Hall–Kier alpha value is -4.07. The van der Waals surface area contributed by atoms with Crippen molar-refractivity contribution in [2.75, 3.05) is 0 Å². The molecular weight excluding hydrogens is 772 g/mol. The molecule has 4 N–H and O–H groups in total. The average Bonchev–Trinajstić information content (AvgIpc) is 3.16. The number of carbonyl (C=O) groups is 5. The van der Waals surface area contributed by atoms with Gasteiger partial charge in [0.25, 0.3) is 0 Å². The van der Waals surface area contributed by atoms with Crippen LogP contribution in [0.3, 0.4) is 0 Å². The van der Waals surface area contributed by atoms with Gasteiger partial charge in [-0.05, 0) is 77.5 Å². The normalized spacial score (nSPS) is 42.2. The van der Waals surface area contributed by atoms with E-state index in [9.17, 15) is 44.4 Å². The Bertz CT molecular complexity index is 2090. The molecule has 7 aliphatic rings. The van der Waals surface area contributed by atoms with E-state index < -0.39 is 113 Å². The van der Waals surface area contributed by atoms with Crippen LogP contribution in [0.1, 0.15) is 99.1 Å². The number of ether oxygens (including phenoxy) is 7. The number of allylic oxidation sites excluding steroid dienone is 2. The summed E-state index contributed by atoms with van der Waals surface area (Å²) in [6.45, 7) is 8.26. The number of phenols is 1. The van der Waals surface area contributed by atoms with Gasteiger partial charge < -0.3 is 53.6 Å². The highest BCUT2D eigenvalue weighted by atomic mass is 16.7. The van der Waals surface area contributed by atoms with Crippen molar-refractivity contribution >= 4 is 28.9 Å². The average molecular weight is 821 g/mol. The fourth-order valence-electron chi connectivity index (χ4n) is 9.31. The topological polar surface area (TPSA) is 231 Å². The van der Waals surface area contributed by atoms with Crippen LogP contribution in [0.4, 0.5) is 0 Å². The van der Waals surface area contributed by atoms with Crippen LogP contribution in [0.2, 0.25) is 0 Å². The van der Waals surface area contributed by atoms with Gasteiger partial charge in [0.05, 0.1) is 47.3 Å². The zero-order chi connectivity index (χ0) is 42.3. The first-order valence-corrected chi connectivity index (χ1v) is 19.9. The van der Waals surface area contributed by atoms with E-state index in [-0.39, 0.29) is 52.8 Å². The third-order valence-corrected chi connectivity index (χ3v) is 12.4. The molecule has 316 valence electrons. The highest BCUT2D eigenvalue weighted by Crippen LogP contribution is 2.53. The third-order valence-electron chi connectivity index (χ3n) is 12.4. The van der Waals surface area contributed by atoms with Gasteiger partial charge in [0.1, 0.15) is 29.7 Å². The van der Waals surface area contributed by atoms with E-state index in [4.69, 9.17) is 33.2 Å². The van der Waals surface area contributed by atoms with Gasteiger partial charge in [-0.15, -0.1) is 0 Å². The van der Waals surface area contributed by atoms with Gasteiger partial charge in [-0.3, -0.25) is 24.0 Å².